The van der Waals surface area contributed by atoms with Crippen LogP contribution in [0.1, 0.15) is 16.7 Å². The molecule has 0 atom stereocenters. The summed E-state index contributed by atoms with van der Waals surface area (Å²) >= 11 is 0. The average molecular weight is 333 g/mol. The van der Waals surface area contributed by atoms with Gasteiger partial charge >= 0.3 is 12.4 Å². The molecular weight excluding hydrogens is 322 g/mol. The third-order valence-corrected chi connectivity index (χ3v) is 3.17. The highest BCUT2D eigenvalue weighted by molar-refractivity contribution is 5.46. The molecule has 23 heavy (non-hydrogen) atoms. The quantitative estimate of drug-likeness (QED) is 0.781. The van der Waals surface area contributed by atoms with Crippen LogP contribution in [0.15, 0.2) is 48.5 Å². The molecule has 0 unspecified atom stereocenters. The Bertz CT molecular complexity index is 647. The van der Waals surface area contributed by atoms with Crippen molar-refractivity contribution in [3.05, 3.63) is 71.1 Å². The summed E-state index contributed by atoms with van der Waals surface area (Å²) in [6.45, 7) is 0. The van der Waals surface area contributed by atoms with Gasteiger partial charge in [0.25, 0.3) is 0 Å². The third kappa shape index (κ3) is 4.18. The van der Waals surface area contributed by atoms with Crippen LogP contribution in [0.25, 0.3) is 0 Å². The van der Waals surface area contributed by atoms with Crippen LogP contribution in [0.2, 0.25) is 0 Å². The monoisotopic (exact) mass is 333 g/mol. The maximum atomic E-state index is 12.7. The summed E-state index contributed by atoms with van der Waals surface area (Å²) in [5.74, 6) is -2.94. The second-order valence-electron chi connectivity index (χ2n) is 4.88. The molecule has 0 aliphatic rings. The molecule has 7 heteroatoms. The highest BCUT2D eigenvalue weighted by atomic mass is 19.4. The predicted molar refractivity (Wildman–Crippen MR) is 71.8 cm³/mol. The van der Waals surface area contributed by atoms with E-state index in [1.165, 1.54) is 0 Å². The first-order chi connectivity index (χ1) is 10.6. The summed E-state index contributed by atoms with van der Waals surface area (Å²) in [4.78, 5) is 0. The molecule has 0 saturated heterocycles. The molecular formula is C16H11F6O. The van der Waals surface area contributed by atoms with Crippen molar-refractivity contribution in [3.63, 3.8) is 0 Å². The van der Waals surface area contributed by atoms with E-state index >= 15 is 0 Å². The van der Waals surface area contributed by atoms with Crippen molar-refractivity contribution in [3.8, 4) is 5.75 Å². The second kappa shape index (κ2) is 6.14. The average Bonchev–Trinajstić information content (AvgIpc) is 2.40. The number of alkyl halides is 6. The summed E-state index contributed by atoms with van der Waals surface area (Å²) in [5, 5.41) is 9.71. The van der Waals surface area contributed by atoms with Gasteiger partial charge in [-0.3, -0.25) is 0 Å². The van der Waals surface area contributed by atoms with Gasteiger partial charge in [0.15, 0.2) is 0 Å². The van der Waals surface area contributed by atoms with Crippen LogP contribution in [0, 0.1) is 5.92 Å². The lowest BCUT2D eigenvalue weighted by Crippen LogP contribution is -2.35. The zero-order valence-corrected chi connectivity index (χ0v) is 11.5. The first kappa shape index (κ1) is 17.2. The van der Waals surface area contributed by atoms with Gasteiger partial charge < -0.3 is 5.11 Å². The largest absolute Gasteiger partial charge is 0.508 e. The van der Waals surface area contributed by atoms with E-state index in [-0.39, 0.29) is 17.7 Å². The van der Waals surface area contributed by atoms with Gasteiger partial charge in [-0.25, -0.2) is 0 Å². The topological polar surface area (TPSA) is 20.2 Å². The lowest BCUT2D eigenvalue weighted by molar-refractivity contribution is -0.197. The number of hydrogen-bond donors (Lipinski definition) is 1. The van der Waals surface area contributed by atoms with Crippen molar-refractivity contribution in [1.82, 2.24) is 0 Å². The molecule has 0 bridgehead atoms. The van der Waals surface area contributed by atoms with Gasteiger partial charge in [-0.1, -0.05) is 42.5 Å². The second-order valence-corrected chi connectivity index (χ2v) is 4.88. The Kier molecular flexibility index (Phi) is 4.58. The standard InChI is InChI=1S/C16H11F6O/c17-15(18,19)14(16(20,21)22)11-6-7-13(23)12(9-11)8-10-4-2-1-3-5-10/h1-7,9,23H,8H2. The lowest BCUT2D eigenvalue weighted by atomic mass is 9.93. The van der Waals surface area contributed by atoms with Crippen LogP contribution in [0.3, 0.4) is 0 Å². The van der Waals surface area contributed by atoms with Crippen LogP contribution in [-0.2, 0) is 6.42 Å². The maximum Gasteiger partial charge on any atom is 0.408 e. The number of benzene rings is 2. The summed E-state index contributed by atoms with van der Waals surface area (Å²) in [6.07, 6.45) is -11.1. The molecule has 1 N–H and O–H groups in total. The van der Waals surface area contributed by atoms with Crippen molar-refractivity contribution >= 4 is 0 Å². The zero-order chi connectivity index (χ0) is 17.3. The molecule has 123 valence electrons. The fraction of sp³-hybridized carbons (Fsp3) is 0.188. The summed E-state index contributed by atoms with van der Waals surface area (Å²) < 4.78 is 76.4. The first-order valence-electron chi connectivity index (χ1n) is 6.46. The van der Waals surface area contributed by atoms with Crippen molar-refractivity contribution in [1.29, 1.82) is 0 Å². The molecule has 2 rings (SSSR count). The Morgan fingerprint density at radius 1 is 0.826 bits per heavy atom. The zero-order valence-electron chi connectivity index (χ0n) is 11.5. The van der Waals surface area contributed by atoms with Crippen molar-refractivity contribution in [2.75, 3.05) is 0 Å². The van der Waals surface area contributed by atoms with E-state index in [9.17, 15) is 31.4 Å². The van der Waals surface area contributed by atoms with Crippen LogP contribution in [-0.4, -0.2) is 17.5 Å². The molecule has 2 aromatic rings. The van der Waals surface area contributed by atoms with Crippen LogP contribution in [0.5, 0.6) is 5.75 Å². The van der Waals surface area contributed by atoms with Gasteiger partial charge in [0.1, 0.15) is 5.75 Å². The van der Waals surface area contributed by atoms with Crippen LogP contribution < -0.4 is 0 Å². The Hall–Kier alpha value is -2.18. The van der Waals surface area contributed by atoms with Crippen LogP contribution in [0.4, 0.5) is 26.3 Å². The minimum atomic E-state index is -5.54. The van der Waals surface area contributed by atoms with Gasteiger partial charge in [0, 0.05) is 6.42 Å². The number of rotatable bonds is 3. The first-order valence-corrected chi connectivity index (χ1v) is 6.46. The SMILES string of the molecule is Oc1ccc([C](C(F)(F)F)C(F)(F)F)cc1Cc1ccccc1. The Labute approximate surface area is 128 Å². The van der Waals surface area contributed by atoms with E-state index in [1.807, 2.05) is 0 Å². The van der Waals surface area contributed by atoms with Gasteiger partial charge in [-0.15, -0.1) is 0 Å². The van der Waals surface area contributed by atoms with Crippen molar-refractivity contribution in [2.24, 2.45) is 0 Å². The Morgan fingerprint density at radius 3 is 1.91 bits per heavy atom. The van der Waals surface area contributed by atoms with E-state index in [0.717, 1.165) is 12.1 Å². The number of halogens is 6. The van der Waals surface area contributed by atoms with Crippen molar-refractivity contribution in [2.45, 2.75) is 18.8 Å². The smallest absolute Gasteiger partial charge is 0.408 e. The summed E-state index contributed by atoms with van der Waals surface area (Å²) in [6, 6.07) is 10.6. The maximum absolute atomic E-state index is 12.7. The molecule has 0 fully saturated rings. The fourth-order valence-corrected chi connectivity index (χ4v) is 2.19. The number of aromatic hydroxyl groups is 1. The van der Waals surface area contributed by atoms with E-state index < -0.39 is 23.8 Å². The minimum absolute atomic E-state index is 0.0142. The van der Waals surface area contributed by atoms with E-state index in [2.05, 4.69) is 0 Å². The predicted octanol–water partition coefficient (Wildman–Crippen LogP) is 5.03. The third-order valence-electron chi connectivity index (χ3n) is 3.17. The van der Waals surface area contributed by atoms with Gasteiger partial charge in [-0.05, 0) is 22.8 Å². The highest BCUT2D eigenvalue weighted by Gasteiger charge is 2.58. The molecule has 0 heterocycles. The van der Waals surface area contributed by atoms with Gasteiger partial charge in [0.2, 0.25) is 5.92 Å². The molecule has 0 spiro atoms. The number of phenols is 1. The molecule has 0 aromatic heterocycles. The molecule has 0 aliphatic carbocycles. The number of phenolic OH excluding ortho intramolecular Hbond substituents is 1. The Balaban J connectivity index is 2.43. The molecule has 0 saturated carbocycles. The highest BCUT2D eigenvalue weighted by Crippen LogP contribution is 2.46. The van der Waals surface area contributed by atoms with Gasteiger partial charge in [-0.2, -0.15) is 26.3 Å². The van der Waals surface area contributed by atoms with E-state index in [0.29, 0.717) is 11.6 Å². The Morgan fingerprint density at radius 2 is 1.39 bits per heavy atom. The summed E-state index contributed by atoms with van der Waals surface area (Å²) in [5.41, 5.74) is -0.381. The molecule has 0 aliphatic heterocycles. The van der Waals surface area contributed by atoms with Crippen LogP contribution >= 0.6 is 0 Å². The molecule has 1 radical (unpaired) electrons. The number of hydrogen-bond acceptors (Lipinski definition) is 1. The summed E-state index contributed by atoms with van der Waals surface area (Å²) in [7, 11) is 0. The lowest BCUT2D eigenvalue weighted by Gasteiger charge is -2.23. The molecule has 1 nitrogen and oxygen atoms in total. The van der Waals surface area contributed by atoms with Crippen molar-refractivity contribution < 1.29 is 31.4 Å². The van der Waals surface area contributed by atoms with Gasteiger partial charge in [0.05, 0.1) is 0 Å². The molecule has 0 amide bonds. The van der Waals surface area contributed by atoms with E-state index in [4.69, 9.17) is 0 Å². The van der Waals surface area contributed by atoms with E-state index in [1.54, 1.807) is 30.3 Å². The normalized spacial score (nSPS) is 12.7. The molecule has 2 aromatic carbocycles. The minimum Gasteiger partial charge on any atom is -0.508 e. The fourth-order valence-electron chi connectivity index (χ4n) is 2.19.